The molecule has 7 nitrogen and oxygen atoms in total. The smallest absolute Gasteiger partial charge is 0.243 e. The molecule has 3 aromatic rings. The summed E-state index contributed by atoms with van der Waals surface area (Å²) in [6.07, 6.45) is 3.04. The maximum absolute atomic E-state index is 13.3. The van der Waals surface area contributed by atoms with Gasteiger partial charge in [0.25, 0.3) is 0 Å². The molecule has 0 saturated carbocycles. The van der Waals surface area contributed by atoms with Crippen LogP contribution in [0.25, 0.3) is 10.2 Å². The third-order valence-electron chi connectivity index (χ3n) is 6.82. The molecule has 2 aromatic carbocycles. The van der Waals surface area contributed by atoms with E-state index in [9.17, 15) is 13.2 Å². The zero-order valence-electron chi connectivity index (χ0n) is 18.8. The second-order valence-electron chi connectivity index (χ2n) is 8.96. The number of amides is 1. The number of benzene rings is 2. The van der Waals surface area contributed by atoms with Crippen LogP contribution in [0.5, 0.6) is 0 Å². The first kappa shape index (κ1) is 23.0. The van der Waals surface area contributed by atoms with Gasteiger partial charge in [0.15, 0.2) is 0 Å². The average Bonchev–Trinajstić information content (AvgIpc) is 3.33. The lowest BCUT2D eigenvalue weighted by molar-refractivity contribution is -0.138. The number of hydrogen-bond donors (Lipinski definition) is 0. The lowest BCUT2D eigenvalue weighted by atomic mass is 9.93. The van der Waals surface area contributed by atoms with Gasteiger partial charge in [-0.05, 0) is 62.1 Å². The summed E-state index contributed by atoms with van der Waals surface area (Å²) in [7, 11) is -3.63. The summed E-state index contributed by atoms with van der Waals surface area (Å²) in [5.74, 6) is 0.245. The minimum Gasteiger partial charge on any atom is -0.342 e. The van der Waals surface area contributed by atoms with Crippen LogP contribution in [0.15, 0.2) is 53.4 Å². The Balaban J connectivity index is 1.21. The Hall–Kier alpha value is -2.80. The van der Waals surface area contributed by atoms with E-state index in [1.54, 1.807) is 11.3 Å². The molecule has 5 rings (SSSR count). The fourth-order valence-electron chi connectivity index (χ4n) is 4.90. The summed E-state index contributed by atoms with van der Waals surface area (Å²) in [6, 6.07) is 16.1. The number of fused-ring (bicyclic) bond motifs is 1. The first-order valence-corrected chi connectivity index (χ1v) is 13.9. The Bertz CT molecular complexity index is 1300. The highest BCUT2D eigenvalue weighted by atomic mass is 32.2. The van der Waals surface area contributed by atoms with Gasteiger partial charge >= 0.3 is 0 Å². The van der Waals surface area contributed by atoms with Crippen molar-refractivity contribution in [1.29, 1.82) is 5.26 Å². The fourth-order valence-corrected chi connectivity index (χ4v) is 7.46. The topological polar surface area (TPSA) is 94.4 Å². The van der Waals surface area contributed by atoms with E-state index in [2.05, 4.69) is 6.07 Å². The van der Waals surface area contributed by atoms with Crippen molar-refractivity contribution in [2.45, 2.75) is 36.5 Å². The van der Waals surface area contributed by atoms with Gasteiger partial charge in [-0.2, -0.15) is 9.57 Å². The van der Waals surface area contributed by atoms with Gasteiger partial charge in [0.2, 0.25) is 15.9 Å². The van der Waals surface area contributed by atoms with Gasteiger partial charge in [0.05, 0.1) is 31.8 Å². The number of carbonyl (C=O) groups excluding carboxylic acids is 1. The molecule has 2 aliphatic heterocycles. The third-order valence-corrected chi connectivity index (χ3v) is 9.93. The lowest BCUT2D eigenvalue weighted by Gasteiger charge is -2.37. The fraction of sp³-hybridized carbons (Fsp3) is 0.400. The van der Waals surface area contributed by atoms with Crippen molar-refractivity contribution in [3.05, 3.63) is 59.1 Å². The minimum atomic E-state index is -3.63. The Morgan fingerprint density at radius 1 is 1.03 bits per heavy atom. The Labute approximate surface area is 203 Å². The van der Waals surface area contributed by atoms with Crippen LogP contribution in [0.3, 0.4) is 0 Å². The summed E-state index contributed by atoms with van der Waals surface area (Å²) in [6.45, 7) is 2.09. The molecule has 2 fully saturated rings. The molecule has 0 aliphatic carbocycles. The Morgan fingerprint density at radius 3 is 2.47 bits per heavy atom. The zero-order valence-corrected chi connectivity index (χ0v) is 20.4. The molecule has 0 unspecified atom stereocenters. The molecule has 2 aliphatic rings. The number of piperidine rings is 2. The number of nitrogens with zero attached hydrogens (tertiary/aromatic N) is 4. The molecule has 0 spiro atoms. The van der Waals surface area contributed by atoms with E-state index >= 15 is 0 Å². The monoisotopic (exact) mass is 494 g/mol. The first-order chi connectivity index (χ1) is 16.5. The van der Waals surface area contributed by atoms with Crippen molar-refractivity contribution in [2.75, 3.05) is 26.2 Å². The number of thiazole rings is 1. The summed E-state index contributed by atoms with van der Waals surface area (Å²) >= 11 is 1.72. The molecule has 1 atom stereocenters. The van der Waals surface area contributed by atoms with Crippen LogP contribution in [0.4, 0.5) is 0 Å². The van der Waals surface area contributed by atoms with Gasteiger partial charge in [0.1, 0.15) is 0 Å². The van der Waals surface area contributed by atoms with Gasteiger partial charge in [0, 0.05) is 38.0 Å². The maximum atomic E-state index is 13.3. The van der Waals surface area contributed by atoms with Crippen molar-refractivity contribution >= 4 is 37.5 Å². The van der Waals surface area contributed by atoms with E-state index in [0.29, 0.717) is 38.0 Å². The standard InChI is InChI=1S/C25H26N4O3S2/c26-16-18-7-9-21(10-8-18)34(31,32)29-14-11-19(12-15-29)25(30)28-13-3-4-20(17-28)24-27-22-5-1-2-6-23(22)33-24/h1-2,5-10,19-20H,3-4,11-15,17H2/t20-/m0/s1. The van der Waals surface area contributed by atoms with Crippen LogP contribution in [0.2, 0.25) is 0 Å². The number of likely N-dealkylation sites (tertiary alicyclic amines) is 1. The highest BCUT2D eigenvalue weighted by molar-refractivity contribution is 7.89. The largest absolute Gasteiger partial charge is 0.342 e. The van der Waals surface area contributed by atoms with Crippen LogP contribution < -0.4 is 0 Å². The molecular formula is C25H26N4O3S2. The number of aromatic nitrogens is 1. The van der Waals surface area contributed by atoms with Crippen LogP contribution in [-0.2, 0) is 14.8 Å². The van der Waals surface area contributed by atoms with Gasteiger partial charge < -0.3 is 4.90 Å². The van der Waals surface area contributed by atoms with Crippen molar-refractivity contribution in [3.63, 3.8) is 0 Å². The van der Waals surface area contributed by atoms with Crippen molar-refractivity contribution in [1.82, 2.24) is 14.2 Å². The molecule has 34 heavy (non-hydrogen) atoms. The Morgan fingerprint density at radius 2 is 1.76 bits per heavy atom. The van der Waals surface area contributed by atoms with E-state index in [0.717, 1.165) is 29.9 Å². The van der Waals surface area contributed by atoms with Crippen LogP contribution in [-0.4, -0.2) is 54.7 Å². The molecule has 9 heteroatoms. The van der Waals surface area contributed by atoms with E-state index in [4.69, 9.17) is 10.2 Å². The van der Waals surface area contributed by atoms with Gasteiger partial charge in [-0.1, -0.05) is 12.1 Å². The molecule has 0 bridgehead atoms. The molecule has 176 valence electrons. The minimum absolute atomic E-state index is 0.140. The summed E-state index contributed by atoms with van der Waals surface area (Å²) < 4.78 is 28.6. The van der Waals surface area contributed by atoms with Crippen molar-refractivity contribution < 1.29 is 13.2 Å². The zero-order chi connectivity index (χ0) is 23.7. The maximum Gasteiger partial charge on any atom is 0.243 e. The highest BCUT2D eigenvalue weighted by Crippen LogP contribution is 2.34. The SMILES string of the molecule is N#Cc1ccc(S(=O)(=O)N2CCC(C(=O)N3CCC[C@H](c4nc5ccccc5s4)C3)CC2)cc1. The molecule has 0 radical (unpaired) electrons. The van der Waals surface area contributed by atoms with E-state index in [-0.39, 0.29) is 22.6 Å². The quantitative estimate of drug-likeness (QED) is 0.547. The summed E-state index contributed by atoms with van der Waals surface area (Å²) in [4.78, 5) is 20.3. The number of rotatable bonds is 4. The number of sulfonamides is 1. The van der Waals surface area contributed by atoms with Crippen LogP contribution in [0.1, 0.15) is 42.2 Å². The van der Waals surface area contributed by atoms with Gasteiger partial charge in [-0.25, -0.2) is 13.4 Å². The molecule has 1 aromatic heterocycles. The molecular weight excluding hydrogens is 468 g/mol. The second kappa shape index (κ2) is 9.45. The summed E-state index contributed by atoms with van der Waals surface area (Å²) in [5, 5.41) is 10.0. The van der Waals surface area contributed by atoms with Crippen molar-refractivity contribution in [3.8, 4) is 6.07 Å². The first-order valence-electron chi connectivity index (χ1n) is 11.6. The number of carbonyl (C=O) groups is 1. The third kappa shape index (κ3) is 4.45. The number of para-hydroxylation sites is 1. The van der Waals surface area contributed by atoms with E-state index in [1.807, 2.05) is 29.2 Å². The lowest BCUT2D eigenvalue weighted by Crippen LogP contribution is -2.46. The Kier molecular flexibility index (Phi) is 6.38. The molecule has 3 heterocycles. The van der Waals surface area contributed by atoms with E-state index < -0.39 is 10.0 Å². The predicted octanol–water partition coefficient (Wildman–Crippen LogP) is 3.97. The van der Waals surface area contributed by atoms with Gasteiger partial charge in [-0.3, -0.25) is 4.79 Å². The summed E-state index contributed by atoms with van der Waals surface area (Å²) in [5.41, 5.74) is 1.44. The number of nitriles is 1. The van der Waals surface area contributed by atoms with Crippen LogP contribution >= 0.6 is 11.3 Å². The van der Waals surface area contributed by atoms with E-state index in [1.165, 1.54) is 33.3 Å². The molecule has 2 saturated heterocycles. The second-order valence-corrected chi connectivity index (χ2v) is 12.0. The van der Waals surface area contributed by atoms with Crippen molar-refractivity contribution in [2.24, 2.45) is 5.92 Å². The number of hydrogen-bond acceptors (Lipinski definition) is 6. The average molecular weight is 495 g/mol. The normalized spacial score (nSPS) is 20.3. The van der Waals surface area contributed by atoms with Crippen LogP contribution in [0, 0.1) is 17.2 Å². The molecule has 0 N–H and O–H groups in total. The molecule has 1 amide bonds. The highest BCUT2D eigenvalue weighted by Gasteiger charge is 2.35. The van der Waals surface area contributed by atoms with Gasteiger partial charge in [-0.15, -0.1) is 11.3 Å². The predicted molar refractivity (Wildman–Crippen MR) is 131 cm³/mol.